The van der Waals surface area contributed by atoms with Gasteiger partial charge in [0, 0.05) is 18.2 Å². The van der Waals surface area contributed by atoms with Crippen molar-refractivity contribution in [2.75, 3.05) is 0 Å². The van der Waals surface area contributed by atoms with E-state index in [-0.39, 0.29) is 5.54 Å². The second-order valence-corrected chi connectivity index (χ2v) is 4.82. The molecule has 0 atom stereocenters. The summed E-state index contributed by atoms with van der Waals surface area (Å²) in [5, 5.41) is 4.98. The fraction of sp³-hybridized carbons (Fsp3) is 0.700. The second kappa shape index (κ2) is 3.91. The predicted molar refractivity (Wildman–Crippen MR) is 59.5 cm³/mol. The van der Waals surface area contributed by atoms with Gasteiger partial charge in [-0.15, -0.1) is 0 Å². The van der Waals surface area contributed by atoms with E-state index in [4.69, 9.17) is 17.3 Å². The van der Waals surface area contributed by atoms with E-state index in [1.165, 1.54) is 0 Å². The van der Waals surface area contributed by atoms with Crippen molar-refractivity contribution in [1.82, 2.24) is 9.78 Å². The number of aryl methyl sites for hydroxylation is 2. The molecule has 1 aromatic rings. The second-order valence-electron chi connectivity index (χ2n) is 4.47. The highest BCUT2D eigenvalue weighted by Crippen LogP contribution is 2.22. The Kier molecular flexibility index (Phi) is 3.22. The molecule has 0 saturated heterocycles. The van der Waals surface area contributed by atoms with Crippen molar-refractivity contribution in [3.05, 3.63) is 16.4 Å². The van der Waals surface area contributed by atoms with Crippen molar-refractivity contribution in [3.8, 4) is 0 Å². The lowest BCUT2D eigenvalue weighted by Gasteiger charge is -2.17. The van der Waals surface area contributed by atoms with Crippen LogP contribution in [0.2, 0.25) is 5.15 Å². The number of hydrogen-bond acceptors (Lipinski definition) is 2. The molecule has 2 N–H and O–H groups in total. The molecule has 0 aromatic carbocycles. The molecule has 1 heterocycles. The van der Waals surface area contributed by atoms with Crippen LogP contribution in [0.5, 0.6) is 0 Å². The molecule has 0 aliphatic heterocycles. The molecule has 3 nitrogen and oxygen atoms in total. The predicted octanol–water partition coefficient (Wildman–Crippen LogP) is 2.05. The first-order chi connectivity index (χ1) is 6.31. The van der Waals surface area contributed by atoms with E-state index in [0.717, 1.165) is 29.3 Å². The molecule has 0 unspecified atom stereocenters. The molecule has 0 aliphatic rings. The Labute approximate surface area is 90.2 Å². The smallest absolute Gasteiger partial charge is 0.130 e. The maximum absolute atomic E-state index is 6.10. The molecule has 1 rings (SSSR count). The monoisotopic (exact) mass is 215 g/mol. The van der Waals surface area contributed by atoms with Crippen LogP contribution in [0.3, 0.4) is 0 Å². The summed E-state index contributed by atoms with van der Waals surface area (Å²) in [5.41, 5.74) is 7.89. The molecule has 0 amide bonds. The third-order valence-electron chi connectivity index (χ3n) is 2.29. The van der Waals surface area contributed by atoms with Gasteiger partial charge in [-0.1, -0.05) is 11.6 Å². The third kappa shape index (κ3) is 2.72. The first kappa shape index (κ1) is 11.5. The molecular weight excluding hydrogens is 198 g/mol. The zero-order chi connectivity index (χ0) is 10.9. The van der Waals surface area contributed by atoms with Gasteiger partial charge in [0.15, 0.2) is 0 Å². The molecule has 0 bridgehead atoms. The zero-order valence-electron chi connectivity index (χ0n) is 9.26. The fourth-order valence-electron chi connectivity index (χ4n) is 1.41. The van der Waals surface area contributed by atoms with Crippen molar-refractivity contribution < 1.29 is 0 Å². The largest absolute Gasteiger partial charge is 0.326 e. The van der Waals surface area contributed by atoms with Crippen LogP contribution in [0, 0.1) is 6.92 Å². The van der Waals surface area contributed by atoms with E-state index in [0.29, 0.717) is 0 Å². The average Bonchev–Trinajstić information content (AvgIpc) is 2.23. The number of hydrogen-bond donors (Lipinski definition) is 1. The highest BCUT2D eigenvalue weighted by Gasteiger charge is 2.15. The zero-order valence-corrected chi connectivity index (χ0v) is 10.0. The maximum Gasteiger partial charge on any atom is 0.130 e. The standard InChI is InChI=1S/C10H18ClN3/c1-7-8(5-6-10(2,3)12)9(11)14(4)13-7/h5-6,12H2,1-4H3. The van der Waals surface area contributed by atoms with Crippen LogP contribution in [-0.2, 0) is 13.5 Å². The Morgan fingerprint density at radius 1 is 1.50 bits per heavy atom. The Bertz CT molecular complexity index is 323. The normalized spacial score (nSPS) is 12.1. The summed E-state index contributed by atoms with van der Waals surface area (Å²) < 4.78 is 1.70. The van der Waals surface area contributed by atoms with Gasteiger partial charge in [-0.05, 0) is 33.6 Å². The van der Waals surface area contributed by atoms with Gasteiger partial charge >= 0.3 is 0 Å². The lowest BCUT2D eigenvalue weighted by Crippen LogP contribution is -2.32. The number of aromatic nitrogens is 2. The van der Waals surface area contributed by atoms with Gasteiger partial charge < -0.3 is 5.73 Å². The van der Waals surface area contributed by atoms with Gasteiger partial charge in [0.1, 0.15) is 5.15 Å². The Balaban J connectivity index is 2.77. The first-order valence-electron chi connectivity index (χ1n) is 4.78. The summed E-state index contributed by atoms with van der Waals surface area (Å²) in [6.45, 7) is 6.02. The van der Waals surface area contributed by atoms with Crippen molar-refractivity contribution >= 4 is 11.6 Å². The van der Waals surface area contributed by atoms with Gasteiger partial charge in [-0.2, -0.15) is 5.10 Å². The highest BCUT2D eigenvalue weighted by atomic mass is 35.5. The van der Waals surface area contributed by atoms with Crippen LogP contribution in [0.1, 0.15) is 31.5 Å². The lowest BCUT2D eigenvalue weighted by atomic mass is 9.97. The van der Waals surface area contributed by atoms with Crippen molar-refractivity contribution in [2.24, 2.45) is 12.8 Å². The van der Waals surface area contributed by atoms with E-state index in [9.17, 15) is 0 Å². The summed E-state index contributed by atoms with van der Waals surface area (Å²) >= 11 is 6.10. The van der Waals surface area contributed by atoms with Crippen molar-refractivity contribution in [3.63, 3.8) is 0 Å². The van der Waals surface area contributed by atoms with Crippen LogP contribution < -0.4 is 5.73 Å². The minimum absolute atomic E-state index is 0.147. The summed E-state index contributed by atoms with van der Waals surface area (Å²) in [6, 6.07) is 0. The van der Waals surface area contributed by atoms with Crippen molar-refractivity contribution in [1.29, 1.82) is 0 Å². The topological polar surface area (TPSA) is 43.8 Å². The summed E-state index contributed by atoms with van der Waals surface area (Å²) in [5.74, 6) is 0. The SMILES string of the molecule is Cc1nn(C)c(Cl)c1CCC(C)(C)N. The van der Waals surface area contributed by atoms with Gasteiger partial charge in [0.2, 0.25) is 0 Å². The molecule has 0 radical (unpaired) electrons. The minimum atomic E-state index is -0.147. The molecule has 4 heteroatoms. The molecule has 0 spiro atoms. The van der Waals surface area contributed by atoms with E-state index < -0.39 is 0 Å². The maximum atomic E-state index is 6.10. The summed E-state index contributed by atoms with van der Waals surface area (Å²) in [4.78, 5) is 0. The highest BCUT2D eigenvalue weighted by molar-refractivity contribution is 6.30. The molecule has 14 heavy (non-hydrogen) atoms. The number of rotatable bonds is 3. The Morgan fingerprint density at radius 2 is 2.07 bits per heavy atom. The van der Waals surface area contributed by atoms with E-state index >= 15 is 0 Å². The van der Waals surface area contributed by atoms with E-state index in [1.807, 2.05) is 27.8 Å². The Morgan fingerprint density at radius 3 is 2.43 bits per heavy atom. The van der Waals surface area contributed by atoms with Crippen LogP contribution in [0.15, 0.2) is 0 Å². The van der Waals surface area contributed by atoms with Crippen molar-refractivity contribution in [2.45, 2.75) is 39.2 Å². The summed E-state index contributed by atoms with van der Waals surface area (Å²) in [6.07, 6.45) is 1.81. The molecular formula is C10H18ClN3. The summed E-state index contributed by atoms with van der Waals surface area (Å²) in [7, 11) is 1.85. The van der Waals surface area contributed by atoms with Crippen LogP contribution >= 0.6 is 11.6 Å². The minimum Gasteiger partial charge on any atom is -0.326 e. The first-order valence-corrected chi connectivity index (χ1v) is 5.16. The Hall–Kier alpha value is -0.540. The molecule has 1 aromatic heterocycles. The van der Waals surface area contributed by atoms with Crippen LogP contribution in [-0.4, -0.2) is 15.3 Å². The fourth-order valence-corrected chi connectivity index (χ4v) is 1.67. The number of nitrogens with zero attached hydrogens (tertiary/aromatic N) is 2. The van der Waals surface area contributed by atoms with Gasteiger partial charge in [-0.3, -0.25) is 4.68 Å². The molecule has 0 aliphatic carbocycles. The van der Waals surface area contributed by atoms with Crippen LogP contribution in [0.4, 0.5) is 0 Å². The lowest BCUT2D eigenvalue weighted by molar-refractivity contribution is 0.476. The average molecular weight is 216 g/mol. The number of nitrogens with two attached hydrogens (primary N) is 1. The van der Waals surface area contributed by atoms with Gasteiger partial charge in [0.05, 0.1) is 5.69 Å². The molecule has 0 fully saturated rings. The van der Waals surface area contributed by atoms with E-state index in [2.05, 4.69) is 5.10 Å². The molecule has 0 saturated carbocycles. The van der Waals surface area contributed by atoms with E-state index in [1.54, 1.807) is 4.68 Å². The number of halogens is 1. The third-order valence-corrected chi connectivity index (χ3v) is 2.76. The quantitative estimate of drug-likeness (QED) is 0.839. The van der Waals surface area contributed by atoms with Gasteiger partial charge in [0.25, 0.3) is 0 Å². The van der Waals surface area contributed by atoms with Crippen LogP contribution in [0.25, 0.3) is 0 Å². The van der Waals surface area contributed by atoms with Gasteiger partial charge in [-0.25, -0.2) is 0 Å². The molecule has 80 valence electrons.